The van der Waals surface area contributed by atoms with Crippen LogP contribution >= 0.6 is 0 Å². The van der Waals surface area contributed by atoms with Gasteiger partial charge in [0.25, 0.3) is 0 Å². The Labute approximate surface area is 82.1 Å². The minimum atomic E-state index is -0.678. The van der Waals surface area contributed by atoms with Gasteiger partial charge in [-0.3, -0.25) is 0 Å². The zero-order chi connectivity index (χ0) is 10.6. The van der Waals surface area contributed by atoms with Crippen molar-refractivity contribution in [3.8, 4) is 0 Å². The lowest BCUT2D eigenvalue weighted by atomic mass is 10.2. The topological polar surface area (TPSA) is 46.6 Å². The average Bonchev–Trinajstić information content (AvgIpc) is 2.19. The van der Waals surface area contributed by atoms with E-state index in [-0.39, 0.29) is 0 Å². The summed E-state index contributed by atoms with van der Waals surface area (Å²) < 4.78 is 4.53. The molecule has 4 heteroatoms. The summed E-state index contributed by atoms with van der Waals surface area (Å²) >= 11 is 0. The highest BCUT2D eigenvalue weighted by Crippen LogP contribution is 2.01. The molecule has 73 valence electrons. The predicted octanol–water partition coefficient (Wildman–Crippen LogP) is 1.33. The van der Waals surface area contributed by atoms with E-state index in [0.717, 1.165) is 0 Å². The Kier molecular flexibility index (Phi) is 3.23. The summed E-state index contributed by atoms with van der Waals surface area (Å²) in [5, 5.41) is 0. The fourth-order valence-corrected chi connectivity index (χ4v) is 0.752. The lowest BCUT2D eigenvalue weighted by Gasteiger charge is -2.08. The highest BCUT2D eigenvalue weighted by molar-refractivity contribution is 5.96. The second-order valence-corrected chi connectivity index (χ2v) is 2.84. The van der Waals surface area contributed by atoms with Crippen LogP contribution in [0, 0.1) is 6.07 Å². The lowest BCUT2D eigenvalue weighted by molar-refractivity contribution is 0.0573. The molecule has 0 bridgehead atoms. The third kappa shape index (κ3) is 2.58. The number of ether oxygens (including phenoxy) is 1. The van der Waals surface area contributed by atoms with Crippen molar-refractivity contribution >= 4 is 12.1 Å². The van der Waals surface area contributed by atoms with Crippen molar-refractivity contribution in [2.75, 3.05) is 14.1 Å². The molecule has 1 rings (SSSR count). The number of carbonyl (C=O) groups excluding carboxylic acids is 2. The molecule has 0 N–H and O–H groups in total. The van der Waals surface area contributed by atoms with Crippen LogP contribution in [0.15, 0.2) is 24.3 Å². The van der Waals surface area contributed by atoms with E-state index in [1.807, 2.05) is 0 Å². The first kappa shape index (κ1) is 10.2. The van der Waals surface area contributed by atoms with Crippen LogP contribution in [-0.2, 0) is 4.74 Å². The van der Waals surface area contributed by atoms with E-state index < -0.39 is 12.1 Å². The van der Waals surface area contributed by atoms with Crippen LogP contribution in [0.5, 0.6) is 0 Å². The fraction of sp³-hybridized carbons (Fsp3) is 0.200. The molecule has 0 aliphatic carbocycles. The Balaban J connectivity index is 2.65. The second kappa shape index (κ2) is 4.41. The first-order valence-electron chi connectivity index (χ1n) is 4.01. The third-order valence-corrected chi connectivity index (χ3v) is 1.50. The summed E-state index contributed by atoms with van der Waals surface area (Å²) in [6.07, 6.45) is -0.678. The first-order chi connectivity index (χ1) is 6.61. The van der Waals surface area contributed by atoms with Crippen LogP contribution in [0.3, 0.4) is 0 Å². The maximum absolute atomic E-state index is 11.3. The summed E-state index contributed by atoms with van der Waals surface area (Å²) in [4.78, 5) is 23.5. The smallest absolute Gasteiger partial charge is 0.372 e. The molecule has 1 radical (unpaired) electrons. The van der Waals surface area contributed by atoms with Crippen molar-refractivity contribution in [1.82, 2.24) is 4.90 Å². The predicted molar refractivity (Wildman–Crippen MR) is 49.8 cm³/mol. The number of nitrogens with zero attached hydrogens (tertiary/aromatic N) is 1. The molecule has 0 aliphatic rings. The maximum Gasteiger partial charge on any atom is 0.417 e. The molecular weight excluding hydrogens is 182 g/mol. The first-order valence-corrected chi connectivity index (χ1v) is 4.01. The van der Waals surface area contributed by atoms with E-state index in [9.17, 15) is 9.59 Å². The van der Waals surface area contributed by atoms with Gasteiger partial charge >= 0.3 is 12.1 Å². The van der Waals surface area contributed by atoms with E-state index in [4.69, 9.17) is 0 Å². The van der Waals surface area contributed by atoms with E-state index >= 15 is 0 Å². The van der Waals surface area contributed by atoms with Crippen LogP contribution in [0.1, 0.15) is 10.4 Å². The Morgan fingerprint density at radius 2 is 1.86 bits per heavy atom. The molecule has 0 saturated carbocycles. The van der Waals surface area contributed by atoms with Gasteiger partial charge in [0, 0.05) is 14.1 Å². The van der Waals surface area contributed by atoms with Crippen LogP contribution in [0.4, 0.5) is 4.79 Å². The number of benzene rings is 1. The maximum atomic E-state index is 11.3. The lowest BCUT2D eigenvalue weighted by Crippen LogP contribution is -2.25. The van der Waals surface area contributed by atoms with E-state index in [1.54, 1.807) is 12.1 Å². The molecule has 4 nitrogen and oxygen atoms in total. The van der Waals surface area contributed by atoms with Gasteiger partial charge in [0.15, 0.2) is 0 Å². The van der Waals surface area contributed by atoms with Crippen LogP contribution in [0.2, 0.25) is 0 Å². The summed E-state index contributed by atoms with van der Waals surface area (Å²) in [6.45, 7) is 0. The SMILES string of the molecule is CN(C)C(=O)OC(=O)c1cc[c]cc1. The molecule has 1 aromatic rings. The normalized spacial score (nSPS) is 9.29. The van der Waals surface area contributed by atoms with Crippen molar-refractivity contribution in [2.24, 2.45) is 0 Å². The Morgan fingerprint density at radius 1 is 1.29 bits per heavy atom. The summed E-state index contributed by atoms with van der Waals surface area (Å²) in [5.74, 6) is -0.655. The molecule has 1 aromatic carbocycles. The minimum absolute atomic E-state index is 0.332. The molecule has 0 unspecified atom stereocenters. The molecule has 0 spiro atoms. The summed E-state index contributed by atoms with van der Waals surface area (Å²) in [7, 11) is 3.02. The number of hydrogen-bond donors (Lipinski definition) is 0. The zero-order valence-electron chi connectivity index (χ0n) is 7.98. The van der Waals surface area contributed by atoms with Gasteiger partial charge < -0.3 is 9.64 Å². The van der Waals surface area contributed by atoms with Gasteiger partial charge in [0.05, 0.1) is 5.56 Å². The number of esters is 1. The standard InChI is InChI=1S/C10H10NO3/c1-11(2)10(13)14-9(12)8-6-4-3-5-7-8/h4-7H,1-2H3. The molecule has 14 heavy (non-hydrogen) atoms. The van der Waals surface area contributed by atoms with Crippen molar-refractivity contribution in [2.45, 2.75) is 0 Å². The summed E-state index contributed by atoms with van der Waals surface area (Å²) in [5.41, 5.74) is 0.332. The van der Waals surface area contributed by atoms with Gasteiger partial charge in [0.1, 0.15) is 0 Å². The monoisotopic (exact) mass is 192 g/mol. The highest BCUT2D eigenvalue weighted by atomic mass is 16.6. The molecular formula is C10H10NO3. The molecule has 0 heterocycles. The number of rotatable bonds is 1. The Bertz CT molecular complexity index is 332. The highest BCUT2D eigenvalue weighted by Gasteiger charge is 2.13. The Morgan fingerprint density at radius 3 is 2.36 bits per heavy atom. The van der Waals surface area contributed by atoms with Gasteiger partial charge in [-0.2, -0.15) is 0 Å². The Hall–Kier alpha value is -1.84. The van der Waals surface area contributed by atoms with Gasteiger partial charge in [-0.15, -0.1) is 0 Å². The number of hydrogen-bond acceptors (Lipinski definition) is 3. The fourth-order valence-electron chi connectivity index (χ4n) is 0.752. The average molecular weight is 192 g/mol. The minimum Gasteiger partial charge on any atom is -0.372 e. The van der Waals surface area contributed by atoms with Gasteiger partial charge in [0.2, 0.25) is 0 Å². The molecule has 0 aliphatic heterocycles. The molecule has 0 saturated heterocycles. The molecule has 0 fully saturated rings. The third-order valence-electron chi connectivity index (χ3n) is 1.50. The summed E-state index contributed by atoms with van der Waals surface area (Å²) in [6, 6.07) is 8.99. The van der Waals surface area contributed by atoms with Gasteiger partial charge in [-0.25, -0.2) is 9.59 Å². The van der Waals surface area contributed by atoms with Crippen molar-refractivity contribution in [3.63, 3.8) is 0 Å². The number of carbonyl (C=O) groups is 2. The van der Waals surface area contributed by atoms with E-state index in [2.05, 4.69) is 10.8 Å². The van der Waals surface area contributed by atoms with Gasteiger partial charge in [-0.05, 0) is 18.2 Å². The second-order valence-electron chi connectivity index (χ2n) is 2.84. The van der Waals surface area contributed by atoms with Crippen molar-refractivity contribution in [1.29, 1.82) is 0 Å². The molecule has 1 amide bonds. The van der Waals surface area contributed by atoms with E-state index in [0.29, 0.717) is 5.56 Å². The van der Waals surface area contributed by atoms with Crippen molar-refractivity contribution < 1.29 is 14.3 Å². The number of amides is 1. The van der Waals surface area contributed by atoms with Crippen LogP contribution in [-0.4, -0.2) is 31.1 Å². The van der Waals surface area contributed by atoms with Gasteiger partial charge in [-0.1, -0.05) is 12.1 Å². The zero-order valence-corrected chi connectivity index (χ0v) is 7.98. The molecule has 0 aromatic heterocycles. The van der Waals surface area contributed by atoms with E-state index in [1.165, 1.54) is 31.1 Å². The largest absolute Gasteiger partial charge is 0.417 e. The van der Waals surface area contributed by atoms with Crippen LogP contribution in [0.25, 0.3) is 0 Å². The van der Waals surface area contributed by atoms with Crippen molar-refractivity contribution in [3.05, 3.63) is 35.9 Å². The quantitative estimate of drug-likeness (QED) is 0.498. The molecule has 0 atom stereocenters. The van der Waals surface area contributed by atoms with Crippen LogP contribution < -0.4 is 0 Å².